The maximum atomic E-state index is 11.9. The third-order valence-electron chi connectivity index (χ3n) is 3.78. The predicted octanol–water partition coefficient (Wildman–Crippen LogP) is 2.39. The first-order chi connectivity index (χ1) is 12.3. The Morgan fingerprint density at radius 2 is 1.46 bits per heavy atom. The minimum atomic E-state index is -1.63. The SMILES string of the molecule is COC(=O)CCCCCCC(=O)Nc1ccc(C(C(=O)O)C(=O)O)cc1. The summed E-state index contributed by atoms with van der Waals surface area (Å²) < 4.78 is 4.54. The number of rotatable bonds is 11. The highest BCUT2D eigenvalue weighted by molar-refractivity contribution is 5.99. The number of nitrogens with one attached hydrogen (secondary N) is 1. The Morgan fingerprint density at radius 3 is 1.96 bits per heavy atom. The Kier molecular flexibility index (Phi) is 8.83. The lowest BCUT2D eigenvalue weighted by Gasteiger charge is -2.09. The van der Waals surface area contributed by atoms with Crippen molar-refractivity contribution in [3.8, 4) is 0 Å². The van der Waals surface area contributed by atoms with E-state index in [9.17, 15) is 19.2 Å². The summed E-state index contributed by atoms with van der Waals surface area (Å²) in [5.74, 6) is -4.94. The number of carboxylic acids is 2. The number of esters is 1. The number of hydrogen-bond acceptors (Lipinski definition) is 5. The third kappa shape index (κ3) is 7.33. The zero-order chi connectivity index (χ0) is 19.5. The molecule has 0 bridgehead atoms. The summed E-state index contributed by atoms with van der Waals surface area (Å²) in [5.41, 5.74) is 0.604. The van der Waals surface area contributed by atoms with Crippen molar-refractivity contribution in [1.29, 1.82) is 0 Å². The van der Waals surface area contributed by atoms with E-state index in [4.69, 9.17) is 10.2 Å². The number of carbonyl (C=O) groups is 4. The van der Waals surface area contributed by atoms with Crippen molar-refractivity contribution < 1.29 is 34.1 Å². The molecule has 0 aliphatic carbocycles. The molecule has 8 nitrogen and oxygen atoms in total. The molecule has 1 aromatic carbocycles. The topological polar surface area (TPSA) is 130 Å². The molecule has 0 unspecified atom stereocenters. The van der Waals surface area contributed by atoms with Gasteiger partial charge in [-0.05, 0) is 30.5 Å². The number of methoxy groups -OCH3 is 1. The molecule has 0 aliphatic heterocycles. The summed E-state index contributed by atoms with van der Waals surface area (Å²) in [6.45, 7) is 0. The monoisotopic (exact) mass is 365 g/mol. The second-order valence-electron chi connectivity index (χ2n) is 5.77. The molecular weight excluding hydrogens is 342 g/mol. The zero-order valence-electron chi connectivity index (χ0n) is 14.6. The molecular formula is C18H23NO7. The average molecular weight is 365 g/mol. The Labute approximate surface area is 151 Å². The van der Waals surface area contributed by atoms with Crippen LogP contribution >= 0.6 is 0 Å². The van der Waals surface area contributed by atoms with E-state index in [0.29, 0.717) is 24.9 Å². The molecule has 0 fully saturated rings. The van der Waals surface area contributed by atoms with E-state index in [2.05, 4.69) is 10.1 Å². The molecule has 0 aliphatic rings. The highest BCUT2D eigenvalue weighted by Crippen LogP contribution is 2.19. The molecule has 0 saturated carbocycles. The van der Waals surface area contributed by atoms with Crippen molar-refractivity contribution in [3.05, 3.63) is 29.8 Å². The van der Waals surface area contributed by atoms with Crippen LogP contribution in [-0.2, 0) is 23.9 Å². The van der Waals surface area contributed by atoms with Crippen molar-refractivity contribution in [3.63, 3.8) is 0 Å². The van der Waals surface area contributed by atoms with Crippen LogP contribution in [0.1, 0.15) is 50.0 Å². The normalized spacial score (nSPS) is 10.4. The molecule has 0 radical (unpaired) electrons. The molecule has 0 atom stereocenters. The van der Waals surface area contributed by atoms with Gasteiger partial charge in [0.25, 0.3) is 0 Å². The minimum absolute atomic E-state index is 0.133. The quantitative estimate of drug-likeness (QED) is 0.312. The number of amides is 1. The average Bonchev–Trinajstić information content (AvgIpc) is 2.58. The number of carbonyl (C=O) groups excluding carboxylic acids is 2. The van der Waals surface area contributed by atoms with Gasteiger partial charge in [-0.1, -0.05) is 25.0 Å². The van der Waals surface area contributed by atoms with Crippen molar-refractivity contribution >= 4 is 29.5 Å². The van der Waals surface area contributed by atoms with Gasteiger partial charge in [0.2, 0.25) is 5.91 Å². The van der Waals surface area contributed by atoms with Crippen LogP contribution in [-0.4, -0.2) is 41.1 Å². The summed E-state index contributed by atoms with van der Waals surface area (Å²) in [7, 11) is 1.35. The lowest BCUT2D eigenvalue weighted by Crippen LogP contribution is -2.21. The number of anilines is 1. The number of unbranched alkanes of at least 4 members (excludes halogenated alkanes) is 3. The van der Waals surface area contributed by atoms with E-state index >= 15 is 0 Å². The molecule has 26 heavy (non-hydrogen) atoms. The molecule has 1 aromatic rings. The van der Waals surface area contributed by atoms with Gasteiger partial charge < -0.3 is 20.3 Å². The second kappa shape index (κ2) is 10.9. The first kappa shape index (κ1) is 21.1. The fourth-order valence-corrected chi connectivity index (χ4v) is 2.38. The van der Waals surface area contributed by atoms with Crippen LogP contribution < -0.4 is 5.32 Å². The van der Waals surface area contributed by atoms with Gasteiger partial charge in [0.1, 0.15) is 0 Å². The summed E-state index contributed by atoms with van der Waals surface area (Å²) in [6.07, 6.45) is 3.77. The zero-order valence-corrected chi connectivity index (χ0v) is 14.6. The number of hydrogen-bond donors (Lipinski definition) is 3. The maximum absolute atomic E-state index is 11.9. The van der Waals surface area contributed by atoms with E-state index in [1.807, 2.05) is 0 Å². The summed E-state index contributed by atoms with van der Waals surface area (Å²) in [4.78, 5) is 44.8. The smallest absolute Gasteiger partial charge is 0.322 e. The van der Waals surface area contributed by atoms with Gasteiger partial charge >= 0.3 is 17.9 Å². The Hall–Kier alpha value is -2.90. The van der Waals surface area contributed by atoms with Gasteiger partial charge in [0, 0.05) is 18.5 Å². The van der Waals surface area contributed by atoms with Crippen molar-refractivity contribution in [2.45, 2.75) is 44.4 Å². The number of carboxylic acid groups (broad SMARTS) is 2. The van der Waals surface area contributed by atoms with Gasteiger partial charge in [-0.3, -0.25) is 19.2 Å². The standard InChI is InChI=1S/C18H23NO7/c1-26-15(21)7-5-3-2-4-6-14(20)19-13-10-8-12(9-11-13)16(17(22)23)18(24)25/h8-11,16H,2-7H2,1H3,(H,19,20)(H,22,23)(H,24,25). The summed E-state index contributed by atoms with van der Waals surface area (Å²) >= 11 is 0. The largest absolute Gasteiger partial charge is 0.480 e. The van der Waals surface area contributed by atoms with Crippen LogP contribution in [0.2, 0.25) is 0 Å². The van der Waals surface area contributed by atoms with Gasteiger partial charge in [0.15, 0.2) is 5.92 Å². The van der Waals surface area contributed by atoms with Crippen LogP contribution in [0.25, 0.3) is 0 Å². The molecule has 0 saturated heterocycles. The number of benzene rings is 1. The highest BCUT2D eigenvalue weighted by Gasteiger charge is 2.27. The van der Waals surface area contributed by atoms with Crippen molar-refractivity contribution in [1.82, 2.24) is 0 Å². The number of ether oxygens (including phenoxy) is 1. The van der Waals surface area contributed by atoms with E-state index in [0.717, 1.165) is 19.3 Å². The molecule has 142 valence electrons. The summed E-state index contributed by atoms with van der Waals surface area (Å²) in [6, 6.07) is 5.69. The Balaban J connectivity index is 2.37. The number of aliphatic carboxylic acids is 2. The first-order valence-corrected chi connectivity index (χ1v) is 8.27. The molecule has 0 aromatic heterocycles. The van der Waals surface area contributed by atoms with Gasteiger partial charge in [-0.15, -0.1) is 0 Å². The first-order valence-electron chi connectivity index (χ1n) is 8.27. The maximum Gasteiger partial charge on any atom is 0.322 e. The molecule has 3 N–H and O–H groups in total. The van der Waals surface area contributed by atoms with Gasteiger partial charge in [-0.2, -0.15) is 0 Å². The molecule has 1 amide bonds. The minimum Gasteiger partial charge on any atom is -0.480 e. The lowest BCUT2D eigenvalue weighted by molar-refractivity contribution is -0.150. The third-order valence-corrected chi connectivity index (χ3v) is 3.78. The van der Waals surface area contributed by atoms with Crippen LogP contribution in [0.3, 0.4) is 0 Å². The molecule has 0 spiro atoms. The predicted molar refractivity (Wildman–Crippen MR) is 92.8 cm³/mol. The van der Waals surface area contributed by atoms with E-state index in [1.165, 1.54) is 31.4 Å². The van der Waals surface area contributed by atoms with Crippen LogP contribution in [0.4, 0.5) is 5.69 Å². The fourth-order valence-electron chi connectivity index (χ4n) is 2.38. The van der Waals surface area contributed by atoms with E-state index < -0.39 is 17.9 Å². The van der Waals surface area contributed by atoms with Crippen LogP contribution in [0.5, 0.6) is 0 Å². The molecule has 8 heteroatoms. The fraction of sp³-hybridized carbons (Fsp3) is 0.444. The van der Waals surface area contributed by atoms with Crippen LogP contribution in [0.15, 0.2) is 24.3 Å². The van der Waals surface area contributed by atoms with E-state index in [-0.39, 0.29) is 17.4 Å². The lowest BCUT2D eigenvalue weighted by atomic mass is 9.99. The van der Waals surface area contributed by atoms with Crippen molar-refractivity contribution in [2.75, 3.05) is 12.4 Å². The van der Waals surface area contributed by atoms with Crippen molar-refractivity contribution in [2.24, 2.45) is 0 Å². The summed E-state index contributed by atoms with van der Waals surface area (Å²) in [5, 5.41) is 20.6. The molecule has 0 heterocycles. The molecule has 1 rings (SSSR count). The Morgan fingerprint density at radius 1 is 0.923 bits per heavy atom. The van der Waals surface area contributed by atoms with E-state index in [1.54, 1.807) is 0 Å². The van der Waals surface area contributed by atoms with Gasteiger partial charge in [0.05, 0.1) is 7.11 Å². The second-order valence-corrected chi connectivity index (χ2v) is 5.77. The Bertz CT molecular complexity index is 625. The highest BCUT2D eigenvalue weighted by atomic mass is 16.5. The van der Waals surface area contributed by atoms with Crippen LogP contribution in [0, 0.1) is 0 Å². The van der Waals surface area contributed by atoms with Gasteiger partial charge in [-0.25, -0.2) is 0 Å².